The van der Waals surface area contributed by atoms with E-state index in [-0.39, 0.29) is 0 Å². The molecule has 0 saturated heterocycles. The van der Waals surface area contributed by atoms with Crippen LogP contribution in [0.4, 0.5) is 0 Å². The van der Waals surface area contributed by atoms with Gasteiger partial charge in [-0.1, -0.05) is 65.2 Å². The Kier molecular flexibility index (Phi) is 6.70. The number of benzene rings is 2. The lowest BCUT2D eigenvalue weighted by Gasteiger charge is -2.21. The van der Waals surface area contributed by atoms with E-state index in [9.17, 15) is 0 Å². The van der Waals surface area contributed by atoms with Crippen LogP contribution in [0.1, 0.15) is 43.8 Å². The molecule has 0 bridgehead atoms. The predicted octanol–water partition coefficient (Wildman–Crippen LogP) is 6.25. The average molecular weight is 458 g/mol. The molecule has 4 rings (SSSR count). The van der Waals surface area contributed by atoms with Gasteiger partial charge in [-0.05, 0) is 49.2 Å². The van der Waals surface area contributed by atoms with Crippen molar-refractivity contribution in [3.05, 3.63) is 64.9 Å². The first-order valence-electron chi connectivity index (χ1n) is 9.83. The first-order chi connectivity index (χ1) is 13.8. The minimum Gasteiger partial charge on any atom is -0.493 e. The van der Waals surface area contributed by atoms with Crippen LogP contribution in [0.15, 0.2) is 64.2 Å². The fourth-order valence-corrected chi connectivity index (χ4v) is 4.48. The van der Waals surface area contributed by atoms with Gasteiger partial charge in [0.25, 0.3) is 0 Å². The lowest BCUT2D eigenvalue weighted by atomic mass is 9.88. The van der Waals surface area contributed by atoms with Crippen LogP contribution in [0.5, 0.6) is 5.75 Å². The molecule has 28 heavy (non-hydrogen) atoms. The minimum absolute atomic E-state index is 0.509. The molecule has 1 heterocycles. The quantitative estimate of drug-likeness (QED) is 0.310. The van der Waals surface area contributed by atoms with Gasteiger partial charge in [0.1, 0.15) is 11.6 Å². The van der Waals surface area contributed by atoms with E-state index in [0.29, 0.717) is 12.5 Å². The fraction of sp³-hybridized carbons (Fsp3) is 0.364. The zero-order valence-corrected chi connectivity index (χ0v) is 18.2. The van der Waals surface area contributed by atoms with Crippen molar-refractivity contribution in [2.45, 2.75) is 43.2 Å². The van der Waals surface area contributed by atoms with Gasteiger partial charge in [-0.2, -0.15) is 0 Å². The van der Waals surface area contributed by atoms with Crippen LogP contribution in [0.25, 0.3) is 5.69 Å². The summed E-state index contributed by atoms with van der Waals surface area (Å²) in [6, 6.07) is 18.3. The van der Waals surface area contributed by atoms with E-state index in [0.717, 1.165) is 32.6 Å². The second kappa shape index (κ2) is 9.61. The van der Waals surface area contributed by atoms with E-state index < -0.39 is 0 Å². The Bertz CT molecular complexity index is 877. The van der Waals surface area contributed by atoms with Crippen LogP contribution >= 0.6 is 27.7 Å². The van der Waals surface area contributed by atoms with Gasteiger partial charge < -0.3 is 4.74 Å². The zero-order valence-electron chi connectivity index (χ0n) is 15.8. The Balaban J connectivity index is 1.43. The predicted molar refractivity (Wildman–Crippen MR) is 118 cm³/mol. The molecule has 0 radical (unpaired) electrons. The third-order valence-electron chi connectivity index (χ3n) is 4.98. The van der Waals surface area contributed by atoms with Crippen molar-refractivity contribution < 1.29 is 4.74 Å². The molecule has 6 heteroatoms. The first-order valence-corrected chi connectivity index (χ1v) is 11.6. The maximum Gasteiger partial charge on any atom is 0.209 e. The zero-order chi connectivity index (χ0) is 19.2. The molecule has 0 aliphatic heterocycles. The molecule has 0 atom stereocenters. The second-order valence-electron chi connectivity index (χ2n) is 6.99. The van der Waals surface area contributed by atoms with Crippen molar-refractivity contribution in [3.8, 4) is 11.4 Å². The molecule has 2 aromatic carbocycles. The SMILES string of the molecule is Brc1ccc(OCCSc2nc(C3CCCCC3)n(-c3ccccc3)n2)cc1. The smallest absolute Gasteiger partial charge is 0.209 e. The Labute approximate surface area is 178 Å². The monoisotopic (exact) mass is 457 g/mol. The van der Waals surface area contributed by atoms with Gasteiger partial charge >= 0.3 is 0 Å². The van der Waals surface area contributed by atoms with E-state index in [4.69, 9.17) is 14.8 Å². The maximum absolute atomic E-state index is 5.82. The largest absolute Gasteiger partial charge is 0.493 e. The van der Waals surface area contributed by atoms with Crippen LogP contribution in [-0.2, 0) is 0 Å². The van der Waals surface area contributed by atoms with E-state index in [1.54, 1.807) is 11.8 Å². The van der Waals surface area contributed by atoms with Crippen molar-refractivity contribution in [2.75, 3.05) is 12.4 Å². The van der Waals surface area contributed by atoms with Gasteiger partial charge in [0.2, 0.25) is 5.16 Å². The molecule has 0 N–H and O–H groups in total. The highest BCUT2D eigenvalue weighted by atomic mass is 79.9. The van der Waals surface area contributed by atoms with Crippen molar-refractivity contribution in [1.29, 1.82) is 0 Å². The van der Waals surface area contributed by atoms with Gasteiger partial charge in [0.15, 0.2) is 0 Å². The number of hydrogen-bond acceptors (Lipinski definition) is 4. The summed E-state index contributed by atoms with van der Waals surface area (Å²) in [5.41, 5.74) is 1.09. The van der Waals surface area contributed by atoms with Crippen LogP contribution < -0.4 is 4.74 Å². The first kappa shape index (κ1) is 19.5. The summed E-state index contributed by atoms with van der Waals surface area (Å²) in [6.45, 7) is 0.630. The number of ether oxygens (including phenoxy) is 1. The van der Waals surface area contributed by atoms with E-state index in [2.05, 4.69) is 40.2 Å². The third kappa shape index (κ3) is 4.97. The Hall–Kier alpha value is -1.79. The summed E-state index contributed by atoms with van der Waals surface area (Å²) >= 11 is 5.10. The highest BCUT2D eigenvalue weighted by molar-refractivity contribution is 9.10. The molecule has 3 aromatic rings. The molecule has 0 amide bonds. The van der Waals surface area contributed by atoms with Crippen molar-refractivity contribution in [2.24, 2.45) is 0 Å². The third-order valence-corrected chi connectivity index (χ3v) is 6.31. The van der Waals surface area contributed by atoms with Crippen LogP contribution in [0, 0.1) is 0 Å². The molecular weight excluding hydrogens is 434 g/mol. The lowest BCUT2D eigenvalue weighted by Crippen LogP contribution is -2.12. The molecule has 0 spiro atoms. The second-order valence-corrected chi connectivity index (χ2v) is 8.96. The number of hydrogen-bond donors (Lipinski definition) is 0. The number of aromatic nitrogens is 3. The number of halogens is 1. The highest BCUT2D eigenvalue weighted by Gasteiger charge is 2.23. The van der Waals surface area contributed by atoms with Crippen LogP contribution in [-0.4, -0.2) is 27.1 Å². The van der Waals surface area contributed by atoms with Crippen molar-refractivity contribution in [1.82, 2.24) is 14.8 Å². The summed E-state index contributed by atoms with van der Waals surface area (Å²) in [5.74, 6) is 3.32. The molecular formula is C22H24BrN3OS. The van der Waals surface area contributed by atoms with E-state index >= 15 is 0 Å². The van der Waals surface area contributed by atoms with Gasteiger partial charge in [-0.15, -0.1) is 5.10 Å². The summed E-state index contributed by atoms with van der Waals surface area (Å²) in [5, 5.41) is 5.66. The number of para-hydroxylation sites is 1. The van der Waals surface area contributed by atoms with E-state index in [1.165, 1.54) is 32.1 Å². The summed E-state index contributed by atoms with van der Waals surface area (Å²) in [7, 11) is 0. The standard InChI is InChI=1S/C22H24BrN3OS/c23-18-11-13-20(14-12-18)27-15-16-28-22-24-21(17-7-3-1-4-8-17)26(25-22)19-9-5-2-6-10-19/h2,5-6,9-14,17H,1,3-4,7-8,15-16H2. The lowest BCUT2D eigenvalue weighted by molar-refractivity contribution is 0.344. The maximum atomic E-state index is 5.82. The number of rotatable bonds is 7. The van der Waals surface area contributed by atoms with Crippen molar-refractivity contribution in [3.63, 3.8) is 0 Å². The van der Waals surface area contributed by atoms with Gasteiger partial charge in [-0.25, -0.2) is 9.67 Å². The summed E-state index contributed by atoms with van der Waals surface area (Å²) in [4.78, 5) is 4.92. The minimum atomic E-state index is 0.509. The summed E-state index contributed by atoms with van der Waals surface area (Å²) in [6.07, 6.45) is 6.33. The molecule has 1 aromatic heterocycles. The number of nitrogens with zero attached hydrogens (tertiary/aromatic N) is 3. The molecule has 1 fully saturated rings. The Morgan fingerprint density at radius 2 is 1.75 bits per heavy atom. The van der Waals surface area contributed by atoms with Crippen LogP contribution in [0.3, 0.4) is 0 Å². The molecule has 0 unspecified atom stereocenters. The highest BCUT2D eigenvalue weighted by Crippen LogP contribution is 2.33. The molecule has 1 aliphatic rings. The normalized spacial score (nSPS) is 14.9. The number of thioether (sulfide) groups is 1. The molecule has 1 saturated carbocycles. The van der Waals surface area contributed by atoms with Gasteiger partial charge in [0.05, 0.1) is 12.3 Å². The Morgan fingerprint density at radius 1 is 1.00 bits per heavy atom. The Morgan fingerprint density at radius 3 is 2.50 bits per heavy atom. The van der Waals surface area contributed by atoms with Crippen LogP contribution in [0.2, 0.25) is 0 Å². The fourth-order valence-electron chi connectivity index (χ4n) is 3.57. The van der Waals surface area contributed by atoms with E-state index in [1.807, 2.05) is 35.0 Å². The molecule has 4 nitrogen and oxygen atoms in total. The summed E-state index contributed by atoms with van der Waals surface area (Å²) < 4.78 is 8.92. The average Bonchev–Trinajstić information content (AvgIpc) is 3.18. The van der Waals surface area contributed by atoms with Crippen molar-refractivity contribution >= 4 is 27.7 Å². The molecule has 1 aliphatic carbocycles. The van der Waals surface area contributed by atoms with Gasteiger partial charge in [0, 0.05) is 16.1 Å². The van der Waals surface area contributed by atoms with Gasteiger partial charge in [-0.3, -0.25) is 0 Å². The topological polar surface area (TPSA) is 39.9 Å². The molecule has 146 valence electrons.